The van der Waals surface area contributed by atoms with E-state index in [2.05, 4.69) is 9.97 Å². The molecule has 2 aromatic heterocycles. The van der Waals surface area contributed by atoms with Gasteiger partial charge in [-0.3, -0.25) is 0 Å². The molecule has 3 rings (SSSR count). The second kappa shape index (κ2) is 5.61. The number of carbonyl (C=O) groups excluding carboxylic acids is 1. The number of nitrogens with zero attached hydrogens (tertiary/aromatic N) is 2. The fourth-order valence-electron chi connectivity index (χ4n) is 2.14. The minimum Gasteiger partial charge on any atom is -0.491 e. The Balaban J connectivity index is 2.17. The summed E-state index contributed by atoms with van der Waals surface area (Å²) >= 11 is 1.65. The van der Waals surface area contributed by atoms with E-state index in [1.165, 1.54) is 18.9 Å². The van der Waals surface area contributed by atoms with Gasteiger partial charge in [0.15, 0.2) is 23.1 Å². The number of benzene rings is 1. The molecule has 7 heteroatoms. The van der Waals surface area contributed by atoms with Gasteiger partial charge < -0.3 is 15.2 Å². The van der Waals surface area contributed by atoms with Crippen LogP contribution in [0.25, 0.3) is 21.5 Å². The highest BCUT2D eigenvalue weighted by atomic mass is 32.1. The maximum absolute atomic E-state index is 11.9. The molecule has 0 spiro atoms. The standard InChI is InChI=1S/C15H13N3O3S/c1-20-12-11(15(19)21-2)17-14(18-13(12)16)9-3-4-10-8(7-9)5-6-22-10/h3-7H,1-2H3,(H2,16,17,18). The summed E-state index contributed by atoms with van der Waals surface area (Å²) in [5, 5.41) is 3.09. The second-order valence-corrected chi connectivity index (χ2v) is 5.43. The maximum atomic E-state index is 11.9. The Morgan fingerprint density at radius 3 is 2.77 bits per heavy atom. The zero-order valence-electron chi connectivity index (χ0n) is 12.0. The number of hydrogen-bond acceptors (Lipinski definition) is 7. The van der Waals surface area contributed by atoms with Crippen LogP contribution in [0.15, 0.2) is 29.6 Å². The highest BCUT2D eigenvalue weighted by Gasteiger charge is 2.21. The van der Waals surface area contributed by atoms with Crippen LogP contribution in [0.1, 0.15) is 10.5 Å². The first kappa shape index (κ1) is 14.3. The van der Waals surface area contributed by atoms with E-state index < -0.39 is 5.97 Å². The number of nitrogens with two attached hydrogens (primary N) is 1. The van der Waals surface area contributed by atoms with Crippen LogP contribution in [-0.2, 0) is 4.74 Å². The van der Waals surface area contributed by atoms with Gasteiger partial charge in [0.05, 0.1) is 14.2 Å². The number of esters is 1. The van der Waals surface area contributed by atoms with Crippen molar-refractivity contribution in [2.45, 2.75) is 0 Å². The lowest BCUT2D eigenvalue weighted by atomic mass is 10.1. The summed E-state index contributed by atoms with van der Waals surface area (Å²) in [4.78, 5) is 20.3. The van der Waals surface area contributed by atoms with Crippen molar-refractivity contribution in [3.63, 3.8) is 0 Å². The topological polar surface area (TPSA) is 87.3 Å². The third-order valence-corrected chi connectivity index (χ3v) is 4.08. The van der Waals surface area contributed by atoms with E-state index in [1.54, 1.807) is 11.3 Å². The number of thiophene rings is 1. The molecule has 0 amide bonds. The Bertz CT molecular complexity index is 860. The minimum atomic E-state index is -0.621. The third-order valence-electron chi connectivity index (χ3n) is 3.19. The summed E-state index contributed by atoms with van der Waals surface area (Å²) in [6.07, 6.45) is 0. The lowest BCUT2D eigenvalue weighted by Crippen LogP contribution is -2.11. The van der Waals surface area contributed by atoms with Crippen LogP contribution >= 0.6 is 11.3 Å². The van der Waals surface area contributed by atoms with Crippen LogP contribution < -0.4 is 10.5 Å². The molecule has 22 heavy (non-hydrogen) atoms. The van der Waals surface area contributed by atoms with Crippen LogP contribution in [-0.4, -0.2) is 30.2 Å². The predicted octanol–water partition coefficient (Wildman–Crippen LogP) is 2.74. The first-order chi connectivity index (χ1) is 10.6. The molecule has 6 nitrogen and oxygen atoms in total. The van der Waals surface area contributed by atoms with Crippen molar-refractivity contribution in [3.05, 3.63) is 35.3 Å². The zero-order chi connectivity index (χ0) is 15.7. The number of methoxy groups -OCH3 is 2. The van der Waals surface area contributed by atoms with Crippen LogP contribution in [0.2, 0.25) is 0 Å². The summed E-state index contributed by atoms with van der Waals surface area (Å²) < 4.78 is 11.0. The van der Waals surface area contributed by atoms with Gasteiger partial charge in [0.25, 0.3) is 0 Å². The summed E-state index contributed by atoms with van der Waals surface area (Å²) in [6.45, 7) is 0. The SMILES string of the molecule is COC(=O)c1nc(-c2ccc3sccc3c2)nc(N)c1OC. The average molecular weight is 315 g/mol. The van der Waals surface area contributed by atoms with Crippen molar-refractivity contribution < 1.29 is 14.3 Å². The molecule has 0 unspecified atom stereocenters. The van der Waals surface area contributed by atoms with Crippen molar-refractivity contribution in [2.24, 2.45) is 0 Å². The molecular formula is C15H13N3O3S. The van der Waals surface area contributed by atoms with Crippen LogP contribution in [0.4, 0.5) is 5.82 Å². The fourth-order valence-corrected chi connectivity index (χ4v) is 2.91. The maximum Gasteiger partial charge on any atom is 0.360 e. The first-order valence-corrected chi connectivity index (χ1v) is 7.29. The van der Waals surface area contributed by atoms with E-state index in [9.17, 15) is 4.79 Å². The molecule has 0 atom stereocenters. The third kappa shape index (κ3) is 2.35. The predicted molar refractivity (Wildman–Crippen MR) is 85.2 cm³/mol. The molecule has 0 aliphatic rings. The molecule has 0 radical (unpaired) electrons. The van der Waals surface area contributed by atoms with Gasteiger partial charge in [-0.25, -0.2) is 14.8 Å². The summed E-state index contributed by atoms with van der Waals surface area (Å²) in [5.41, 5.74) is 6.65. The Labute approximate surface area is 130 Å². The van der Waals surface area contributed by atoms with Crippen molar-refractivity contribution in [3.8, 4) is 17.1 Å². The van der Waals surface area contributed by atoms with Gasteiger partial charge >= 0.3 is 5.97 Å². The molecule has 2 N–H and O–H groups in total. The number of aromatic nitrogens is 2. The van der Waals surface area contributed by atoms with Gasteiger partial charge in [-0.15, -0.1) is 11.3 Å². The van der Waals surface area contributed by atoms with E-state index in [-0.39, 0.29) is 17.3 Å². The molecule has 0 fully saturated rings. The minimum absolute atomic E-state index is 0.0120. The monoisotopic (exact) mass is 315 g/mol. The molecular weight excluding hydrogens is 302 g/mol. The lowest BCUT2D eigenvalue weighted by molar-refractivity contribution is 0.0590. The quantitative estimate of drug-likeness (QED) is 0.748. The van der Waals surface area contributed by atoms with Gasteiger partial charge in [0.2, 0.25) is 0 Å². The number of rotatable bonds is 3. The van der Waals surface area contributed by atoms with E-state index >= 15 is 0 Å². The van der Waals surface area contributed by atoms with Gasteiger partial charge in [-0.05, 0) is 35.0 Å². The van der Waals surface area contributed by atoms with Gasteiger partial charge in [-0.1, -0.05) is 0 Å². The molecule has 0 aliphatic carbocycles. The molecule has 0 aliphatic heterocycles. The van der Waals surface area contributed by atoms with E-state index in [1.807, 2.05) is 29.6 Å². The molecule has 0 saturated carbocycles. The summed E-state index contributed by atoms with van der Waals surface area (Å²) in [7, 11) is 2.68. The Morgan fingerprint density at radius 1 is 1.23 bits per heavy atom. The highest BCUT2D eigenvalue weighted by molar-refractivity contribution is 7.17. The first-order valence-electron chi connectivity index (χ1n) is 6.41. The molecule has 0 bridgehead atoms. The number of carbonyl (C=O) groups is 1. The number of hydrogen-bond donors (Lipinski definition) is 1. The van der Waals surface area contributed by atoms with Crippen molar-refractivity contribution >= 4 is 33.2 Å². The highest BCUT2D eigenvalue weighted by Crippen LogP contribution is 2.30. The smallest absolute Gasteiger partial charge is 0.360 e. The van der Waals surface area contributed by atoms with Gasteiger partial charge in [-0.2, -0.15) is 0 Å². The van der Waals surface area contributed by atoms with E-state index in [0.29, 0.717) is 5.82 Å². The average Bonchev–Trinajstić information content (AvgIpc) is 3.00. The normalized spacial score (nSPS) is 10.6. The van der Waals surface area contributed by atoms with Crippen molar-refractivity contribution in [1.82, 2.24) is 9.97 Å². The van der Waals surface area contributed by atoms with E-state index in [0.717, 1.165) is 10.9 Å². The Morgan fingerprint density at radius 2 is 2.05 bits per heavy atom. The lowest BCUT2D eigenvalue weighted by Gasteiger charge is -2.10. The number of ether oxygens (including phenoxy) is 2. The molecule has 3 aromatic rings. The van der Waals surface area contributed by atoms with E-state index in [4.69, 9.17) is 15.2 Å². The van der Waals surface area contributed by atoms with Crippen LogP contribution in [0.3, 0.4) is 0 Å². The van der Waals surface area contributed by atoms with Gasteiger partial charge in [0.1, 0.15) is 0 Å². The molecule has 2 heterocycles. The zero-order valence-corrected chi connectivity index (χ0v) is 12.8. The summed E-state index contributed by atoms with van der Waals surface area (Å²) in [6, 6.07) is 7.84. The molecule has 112 valence electrons. The number of fused-ring (bicyclic) bond motifs is 1. The van der Waals surface area contributed by atoms with Crippen LogP contribution in [0.5, 0.6) is 5.75 Å². The second-order valence-electron chi connectivity index (χ2n) is 4.48. The Kier molecular flexibility index (Phi) is 3.64. The Hall–Kier alpha value is -2.67. The molecule has 1 aromatic carbocycles. The van der Waals surface area contributed by atoms with Crippen molar-refractivity contribution in [1.29, 1.82) is 0 Å². The van der Waals surface area contributed by atoms with Crippen LogP contribution in [0, 0.1) is 0 Å². The van der Waals surface area contributed by atoms with Gasteiger partial charge in [0, 0.05) is 10.3 Å². The number of anilines is 1. The fraction of sp³-hybridized carbons (Fsp3) is 0.133. The molecule has 0 saturated heterocycles. The number of nitrogen functional groups attached to an aromatic ring is 1. The largest absolute Gasteiger partial charge is 0.491 e. The van der Waals surface area contributed by atoms with Crippen molar-refractivity contribution in [2.75, 3.05) is 20.0 Å². The summed E-state index contributed by atoms with van der Waals surface area (Å²) in [5.74, 6) is -0.0545.